The Morgan fingerprint density at radius 1 is 1.26 bits per heavy atom. The number of amides is 1. The standard InChI is InChI=1S/C18H21N3O2/c1-3-11-21(12-4-2)18(23)16(13-19)14-20-10-9-15-5-7-17(22)8-6-15/h3-8,14,20,22H,1-2,9-12H2/b16-14-. The van der Waals surface area contributed by atoms with E-state index in [0.717, 1.165) is 5.56 Å². The number of rotatable bonds is 9. The summed E-state index contributed by atoms with van der Waals surface area (Å²) in [6.45, 7) is 8.50. The van der Waals surface area contributed by atoms with Gasteiger partial charge in [-0.1, -0.05) is 24.3 Å². The molecule has 5 heteroatoms. The Balaban J connectivity index is 2.58. The molecule has 1 aromatic carbocycles. The van der Waals surface area contributed by atoms with E-state index in [1.54, 1.807) is 24.3 Å². The number of hydrogen-bond donors (Lipinski definition) is 2. The Bertz CT molecular complexity index is 602. The van der Waals surface area contributed by atoms with E-state index < -0.39 is 0 Å². The van der Waals surface area contributed by atoms with Crippen molar-refractivity contribution in [3.63, 3.8) is 0 Å². The quantitative estimate of drug-likeness (QED) is 0.317. The number of aromatic hydroxyl groups is 1. The summed E-state index contributed by atoms with van der Waals surface area (Å²) < 4.78 is 0. The van der Waals surface area contributed by atoms with Crippen molar-refractivity contribution in [1.82, 2.24) is 10.2 Å². The van der Waals surface area contributed by atoms with Gasteiger partial charge in [0.1, 0.15) is 17.4 Å². The molecule has 1 amide bonds. The van der Waals surface area contributed by atoms with Gasteiger partial charge in [0, 0.05) is 25.8 Å². The Morgan fingerprint density at radius 3 is 2.39 bits per heavy atom. The minimum atomic E-state index is -0.357. The fourth-order valence-corrected chi connectivity index (χ4v) is 1.92. The van der Waals surface area contributed by atoms with Crippen LogP contribution >= 0.6 is 0 Å². The van der Waals surface area contributed by atoms with Crippen LogP contribution in [0.2, 0.25) is 0 Å². The van der Waals surface area contributed by atoms with Gasteiger partial charge in [0.2, 0.25) is 0 Å². The third kappa shape index (κ3) is 6.10. The second kappa shape index (κ2) is 9.85. The molecule has 0 bridgehead atoms. The van der Waals surface area contributed by atoms with Crippen LogP contribution in [-0.4, -0.2) is 35.5 Å². The number of phenolic OH excluding ortho intramolecular Hbond substituents is 1. The summed E-state index contributed by atoms with van der Waals surface area (Å²) in [5.74, 6) is -0.132. The number of nitrogens with one attached hydrogen (secondary N) is 1. The van der Waals surface area contributed by atoms with Gasteiger partial charge in [-0.15, -0.1) is 13.2 Å². The van der Waals surface area contributed by atoms with Crippen molar-refractivity contribution in [2.24, 2.45) is 0 Å². The van der Waals surface area contributed by atoms with E-state index in [9.17, 15) is 9.90 Å². The Kier molecular flexibility index (Phi) is 7.73. The molecule has 0 heterocycles. The first-order valence-corrected chi connectivity index (χ1v) is 7.25. The van der Waals surface area contributed by atoms with Crippen LogP contribution < -0.4 is 5.32 Å². The van der Waals surface area contributed by atoms with Crippen LogP contribution in [0.5, 0.6) is 5.75 Å². The second-order valence-electron chi connectivity index (χ2n) is 4.83. The number of carbonyl (C=O) groups excluding carboxylic acids is 1. The zero-order valence-electron chi connectivity index (χ0n) is 13.0. The predicted molar refractivity (Wildman–Crippen MR) is 90.5 cm³/mol. The highest BCUT2D eigenvalue weighted by Gasteiger charge is 2.15. The highest BCUT2D eigenvalue weighted by atomic mass is 16.3. The van der Waals surface area contributed by atoms with Gasteiger partial charge in [-0.25, -0.2) is 0 Å². The van der Waals surface area contributed by atoms with E-state index in [4.69, 9.17) is 5.26 Å². The average molecular weight is 311 g/mol. The predicted octanol–water partition coefficient (Wildman–Crippen LogP) is 2.13. The molecule has 1 rings (SSSR count). The van der Waals surface area contributed by atoms with Crippen molar-refractivity contribution in [2.45, 2.75) is 6.42 Å². The van der Waals surface area contributed by atoms with Crippen LogP contribution in [0.1, 0.15) is 5.56 Å². The molecule has 0 spiro atoms. The third-order valence-electron chi connectivity index (χ3n) is 3.08. The van der Waals surface area contributed by atoms with Gasteiger partial charge in [0.25, 0.3) is 5.91 Å². The van der Waals surface area contributed by atoms with Gasteiger partial charge in [0.15, 0.2) is 0 Å². The highest BCUT2D eigenvalue weighted by molar-refractivity contribution is 5.97. The van der Waals surface area contributed by atoms with Crippen LogP contribution in [0.25, 0.3) is 0 Å². The summed E-state index contributed by atoms with van der Waals surface area (Å²) in [6.07, 6.45) is 5.36. The molecule has 0 saturated carbocycles. The molecule has 5 nitrogen and oxygen atoms in total. The maximum Gasteiger partial charge on any atom is 0.266 e. The smallest absolute Gasteiger partial charge is 0.266 e. The fraction of sp³-hybridized carbons (Fsp3) is 0.222. The first-order chi connectivity index (χ1) is 11.1. The summed E-state index contributed by atoms with van der Waals surface area (Å²) in [4.78, 5) is 13.7. The van der Waals surface area contributed by atoms with Gasteiger partial charge < -0.3 is 15.3 Å². The van der Waals surface area contributed by atoms with E-state index in [0.29, 0.717) is 26.1 Å². The SMILES string of the molecule is C=CCN(CC=C)C(=O)/C(C#N)=C\NCCc1ccc(O)cc1. The molecule has 1 aromatic rings. The molecule has 0 fully saturated rings. The lowest BCUT2D eigenvalue weighted by Crippen LogP contribution is -2.32. The lowest BCUT2D eigenvalue weighted by molar-refractivity contribution is -0.125. The number of nitriles is 1. The van der Waals surface area contributed by atoms with E-state index in [1.165, 1.54) is 11.1 Å². The number of nitrogens with zero attached hydrogens (tertiary/aromatic N) is 2. The molecule has 0 atom stereocenters. The van der Waals surface area contributed by atoms with E-state index in [-0.39, 0.29) is 17.2 Å². The number of hydrogen-bond acceptors (Lipinski definition) is 4. The molecular formula is C18H21N3O2. The van der Waals surface area contributed by atoms with Gasteiger partial charge in [0.05, 0.1) is 0 Å². The highest BCUT2D eigenvalue weighted by Crippen LogP contribution is 2.09. The zero-order valence-corrected chi connectivity index (χ0v) is 13.0. The number of benzene rings is 1. The van der Waals surface area contributed by atoms with E-state index in [1.807, 2.05) is 18.2 Å². The summed E-state index contributed by atoms with van der Waals surface area (Å²) in [5.41, 5.74) is 1.09. The van der Waals surface area contributed by atoms with Gasteiger partial charge in [-0.3, -0.25) is 4.79 Å². The van der Waals surface area contributed by atoms with Crippen LogP contribution in [0.3, 0.4) is 0 Å². The van der Waals surface area contributed by atoms with Crippen LogP contribution in [0, 0.1) is 11.3 Å². The maximum atomic E-state index is 12.2. The van der Waals surface area contributed by atoms with Crippen molar-refractivity contribution in [3.05, 3.63) is 66.9 Å². The fourth-order valence-electron chi connectivity index (χ4n) is 1.92. The van der Waals surface area contributed by atoms with Crippen molar-refractivity contribution >= 4 is 5.91 Å². The van der Waals surface area contributed by atoms with E-state index >= 15 is 0 Å². The first-order valence-electron chi connectivity index (χ1n) is 7.25. The van der Waals surface area contributed by atoms with Crippen molar-refractivity contribution in [2.75, 3.05) is 19.6 Å². The molecule has 0 aliphatic rings. The molecule has 0 aliphatic heterocycles. The molecule has 0 aliphatic carbocycles. The molecule has 0 aromatic heterocycles. The molecule has 0 radical (unpaired) electrons. The summed E-state index contributed by atoms with van der Waals surface area (Å²) in [7, 11) is 0. The van der Waals surface area contributed by atoms with Gasteiger partial charge >= 0.3 is 0 Å². The molecule has 0 saturated heterocycles. The summed E-state index contributed by atoms with van der Waals surface area (Å²) >= 11 is 0. The van der Waals surface area contributed by atoms with Gasteiger partial charge in [-0.2, -0.15) is 5.26 Å². The lowest BCUT2D eigenvalue weighted by Gasteiger charge is -2.18. The maximum absolute atomic E-state index is 12.2. The van der Waals surface area contributed by atoms with Gasteiger partial charge in [-0.05, 0) is 24.1 Å². The number of carbonyl (C=O) groups is 1. The summed E-state index contributed by atoms with van der Waals surface area (Å²) in [5, 5.41) is 21.3. The molecule has 0 unspecified atom stereocenters. The topological polar surface area (TPSA) is 76.4 Å². The Morgan fingerprint density at radius 2 is 1.87 bits per heavy atom. The third-order valence-corrected chi connectivity index (χ3v) is 3.08. The normalized spacial score (nSPS) is 10.5. The zero-order chi connectivity index (χ0) is 17.1. The van der Waals surface area contributed by atoms with Crippen molar-refractivity contribution in [1.29, 1.82) is 5.26 Å². The summed E-state index contributed by atoms with van der Waals surface area (Å²) in [6, 6.07) is 8.81. The minimum Gasteiger partial charge on any atom is -0.508 e. The van der Waals surface area contributed by atoms with Crippen molar-refractivity contribution in [3.8, 4) is 11.8 Å². The van der Waals surface area contributed by atoms with E-state index in [2.05, 4.69) is 18.5 Å². The minimum absolute atomic E-state index is 0.0411. The molecular weight excluding hydrogens is 290 g/mol. The second-order valence-corrected chi connectivity index (χ2v) is 4.83. The number of phenols is 1. The van der Waals surface area contributed by atoms with Crippen LogP contribution in [-0.2, 0) is 11.2 Å². The van der Waals surface area contributed by atoms with Crippen LogP contribution in [0.15, 0.2) is 61.3 Å². The average Bonchev–Trinajstić information content (AvgIpc) is 2.56. The lowest BCUT2D eigenvalue weighted by atomic mass is 10.1. The largest absolute Gasteiger partial charge is 0.508 e. The molecule has 2 N–H and O–H groups in total. The Hall–Kier alpha value is -3.00. The van der Waals surface area contributed by atoms with Crippen LogP contribution in [0.4, 0.5) is 0 Å². The Labute approximate surface area is 136 Å². The van der Waals surface area contributed by atoms with Crippen molar-refractivity contribution < 1.29 is 9.90 Å². The first kappa shape index (κ1) is 18.1. The molecule has 23 heavy (non-hydrogen) atoms. The molecule has 120 valence electrons. The monoisotopic (exact) mass is 311 g/mol.